The Morgan fingerprint density at radius 1 is 1.02 bits per heavy atom. The molecule has 5 N–H and O–H groups in total. The quantitative estimate of drug-likeness (QED) is 0.118. The van der Waals surface area contributed by atoms with E-state index in [9.17, 15) is 25.2 Å². The molecule has 1 aromatic carbocycles. The Labute approximate surface area is 366 Å². The second-order valence-corrected chi connectivity index (χ2v) is 19.2. The van der Waals surface area contributed by atoms with Gasteiger partial charge in [0.25, 0.3) is 0 Å². The van der Waals surface area contributed by atoms with Crippen molar-refractivity contribution in [2.45, 2.75) is 147 Å². The van der Waals surface area contributed by atoms with Gasteiger partial charge in [-0.1, -0.05) is 29.4 Å². The Morgan fingerprint density at radius 3 is 2.46 bits per heavy atom. The topological polar surface area (TPSA) is 213 Å². The van der Waals surface area contributed by atoms with E-state index in [1.54, 1.807) is 17.7 Å². The fraction of sp³-hybridized carbons (Fsp3) is 0.574. The van der Waals surface area contributed by atoms with Gasteiger partial charge in [0.15, 0.2) is 17.0 Å². The number of carbonyl (C=O) groups excluding carboxylic acids is 2. The molecular formula is C47H58N4O12. The van der Waals surface area contributed by atoms with Crippen LogP contribution >= 0.6 is 0 Å². The molecule has 3 aliphatic carbocycles. The van der Waals surface area contributed by atoms with Gasteiger partial charge in [-0.15, -0.1) is 0 Å². The molecule has 63 heavy (non-hydrogen) atoms. The van der Waals surface area contributed by atoms with E-state index in [0.29, 0.717) is 70.2 Å². The summed E-state index contributed by atoms with van der Waals surface area (Å²) < 4.78 is 41.7. The number of methoxy groups -OCH3 is 1. The van der Waals surface area contributed by atoms with Gasteiger partial charge in [0.2, 0.25) is 12.2 Å². The van der Waals surface area contributed by atoms with Gasteiger partial charge < -0.3 is 54.2 Å². The van der Waals surface area contributed by atoms with Crippen molar-refractivity contribution in [2.24, 2.45) is 11.8 Å². The fourth-order valence-corrected chi connectivity index (χ4v) is 11.1. The minimum Gasteiger partial charge on any atom is -0.482 e. The minimum absolute atomic E-state index is 0.00358. The lowest BCUT2D eigenvalue weighted by atomic mass is 9.47. The van der Waals surface area contributed by atoms with Gasteiger partial charge in [-0.3, -0.25) is 4.79 Å². The zero-order valence-corrected chi connectivity index (χ0v) is 37.2. The number of Topliss-reactive ketones (excluding diaryl/α,β-unsaturated/α-hetero) is 1. The highest BCUT2D eigenvalue weighted by Gasteiger charge is 2.84. The zero-order chi connectivity index (χ0) is 45.1. The Hall–Kier alpha value is -4.84. The number of carbonyl (C=O) groups is 2. The molecule has 5 fully saturated rings. The highest BCUT2D eigenvalue weighted by molar-refractivity contribution is 6.02. The number of fused-ring (bicyclic) bond motifs is 4. The summed E-state index contributed by atoms with van der Waals surface area (Å²) in [5, 5.41) is 51.6. The molecule has 2 saturated heterocycles. The van der Waals surface area contributed by atoms with E-state index in [0.717, 1.165) is 12.0 Å². The van der Waals surface area contributed by atoms with Crippen molar-refractivity contribution in [3.8, 4) is 17.2 Å². The van der Waals surface area contributed by atoms with Crippen molar-refractivity contribution in [3.63, 3.8) is 0 Å². The van der Waals surface area contributed by atoms with Gasteiger partial charge in [0, 0.05) is 35.0 Å². The number of nitrogens with one attached hydrogen (secondary N) is 1. The van der Waals surface area contributed by atoms with Crippen LogP contribution in [0.25, 0.3) is 11.8 Å². The molecule has 10 rings (SSSR count). The van der Waals surface area contributed by atoms with Gasteiger partial charge in [-0.05, 0) is 93.2 Å². The van der Waals surface area contributed by atoms with Gasteiger partial charge >= 0.3 is 5.97 Å². The van der Waals surface area contributed by atoms with Crippen LogP contribution in [0.5, 0.6) is 17.2 Å². The molecule has 338 valence electrons. The summed E-state index contributed by atoms with van der Waals surface area (Å²) in [7, 11) is 1.31. The Kier molecular flexibility index (Phi) is 10.4. The van der Waals surface area contributed by atoms with E-state index in [1.807, 2.05) is 46.8 Å². The summed E-state index contributed by atoms with van der Waals surface area (Å²) in [6.45, 7) is 15.0. The first kappa shape index (κ1) is 43.4. The van der Waals surface area contributed by atoms with Crippen LogP contribution < -0.4 is 19.5 Å². The molecule has 0 radical (unpaired) electrons. The standard InChI is InChI=1S/C47H58N4O12/c1-22(2)11-10-16-45(8)17-15-26-37(61-45)25(13-12-23(3)4)39-30(38(26)60-42-36(55)35(54)34(53)28(20-52)59-42)32-31-33(51-43(50-32)48-21-49-51)27-19-29-44(6,7)63-46(40(27)56,47(29,31)62-39)18-14-24(5)41(57)58-9/h11-12,14-15,17,21,27-29,33-36,42,52-55H,10,13,16,18-20H2,1-9H3,(H,48,49,50)/b24-14-/t27?,28-,29?,33?,34-,35+,36-,42+,45?,46?,47?/m1/s1. The normalized spacial score (nSPS) is 35.0. The number of ether oxygens (including phenoxy) is 6. The lowest BCUT2D eigenvalue weighted by molar-refractivity contribution is -0.277. The molecule has 1 aromatic heterocycles. The number of hydrogen-bond acceptors (Lipinski definition) is 15. The molecule has 4 bridgehead atoms. The van der Waals surface area contributed by atoms with Crippen molar-refractivity contribution in [1.82, 2.24) is 14.8 Å². The molecule has 8 aliphatic rings. The van der Waals surface area contributed by atoms with Crippen LogP contribution in [0.1, 0.15) is 104 Å². The predicted molar refractivity (Wildman–Crippen MR) is 229 cm³/mol. The maximum atomic E-state index is 15.5. The molecule has 16 nitrogen and oxygen atoms in total. The van der Waals surface area contributed by atoms with Crippen molar-refractivity contribution in [3.05, 3.63) is 69.6 Å². The van der Waals surface area contributed by atoms with Gasteiger partial charge in [0.1, 0.15) is 53.6 Å². The summed E-state index contributed by atoms with van der Waals surface area (Å²) in [6.07, 6.45) is 5.46. The highest BCUT2D eigenvalue weighted by Crippen LogP contribution is 2.74. The summed E-state index contributed by atoms with van der Waals surface area (Å²) in [5.74, 6) is -0.402. The number of benzene rings is 1. The molecule has 11 atom stereocenters. The lowest BCUT2D eigenvalue weighted by Crippen LogP contribution is -2.75. The van der Waals surface area contributed by atoms with E-state index in [-0.39, 0.29) is 18.0 Å². The van der Waals surface area contributed by atoms with Gasteiger partial charge in [-0.2, -0.15) is 10.1 Å². The number of esters is 1. The first-order valence-electron chi connectivity index (χ1n) is 21.8. The van der Waals surface area contributed by atoms with Crippen LogP contribution in [0.4, 0.5) is 5.95 Å². The molecule has 6 unspecified atom stereocenters. The maximum absolute atomic E-state index is 15.5. The Morgan fingerprint density at radius 2 is 1.76 bits per heavy atom. The molecule has 2 aromatic rings. The summed E-state index contributed by atoms with van der Waals surface area (Å²) in [6, 6.07) is -0.658. The molecule has 3 saturated carbocycles. The van der Waals surface area contributed by atoms with Crippen molar-refractivity contribution < 1.29 is 58.4 Å². The Balaban J connectivity index is 1.36. The Bertz CT molecular complexity index is 2420. The molecular weight excluding hydrogens is 813 g/mol. The number of aromatic nitrogens is 3. The predicted octanol–water partition coefficient (Wildman–Crippen LogP) is 4.66. The molecule has 6 heterocycles. The van der Waals surface area contributed by atoms with E-state index in [2.05, 4.69) is 41.4 Å². The number of anilines is 1. The highest BCUT2D eigenvalue weighted by atomic mass is 16.7. The van der Waals surface area contributed by atoms with E-state index in [4.69, 9.17) is 28.4 Å². The molecule has 16 heteroatoms. The minimum atomic E-state index is -1.74. The zero-order valence-electron chi connectivity index (χ0n) is 37.2. The third kappa shape index (κ3) is 6.30. The maximum Gasteiger partial charge on any atom is 0.333 e. The summed E-state index contributed by atoms with van der Waals surface area (Å²) in [5.41, 5.74) is 0.542. The molecule has 1 spiro atoms. The van der Waals surface area contributed by atoms with Crippen molar-refractivity contribution in [1.29, 1.82) is 0 Å². The summed E-state index contributed by atoms with van der Waals surface area (Å²) in [4.78, 5) is 32.9. The SMILES string of the molecule is COC(=O)/C(C)=C\CC12OC(C)(C)C3CC(C1=O)C1C4=C(Nc5ncnn51)c1c(O[C@@H]5O[C@H](CO)[C@@H](O)[C@H](O)[C@H]5O)c5c(c(CC=C(C)C)c1OC432)OC(C)(CCC=C(C)C)C=C5. The third-order valence-electron chi connectivity index (χ3n) is 14.1. The third-order valence-corrected chi connectivity index (χ3v) is 14.1. The van der Waals surface area contributed by atoms with Crippen molar-refractivity contribution in [2.75, 3.05) is 19.0 Å². The fourth-order valence-electron chi connectivity index (χ4n) is 11.1. The first-order valence-corrected chi connectivity index (χ1v) is 21.8. The average Bonchev–Trinajstić information content (AvgIpc) is 3.77. The first-order chi connectivity index (χ1) is 29.8. The number of aliphatic hydroxyl groups is 4. The second kappa shape index (κ2) is 15.1. The largest absolute Gasteiger partial charge is 0.482 e. The van der Waals surface area contributed by atoms with Crippen LogP contribution in [0.2, 0.25) is 0 Å². The molecule has 5 aliphatic heterocycles. The smallest absolute Gasteiger partial charge is 0.333 e. The van der Waals surface area contributed by atoms with Crippen LogP contribution in [-0.2, 0) is 30.2 Å². The number of aliphatic hydroxyl groups excluding tert-OH is 4. The van der Waals surface area contributed by atoms with Crippen LogP contribution in [0.15, 0.2) is 52.9 Å². The van der Waals surface area contributed by atoms with E-state index < -0.39 is 83.6 Å². The van der Waals surface area contributed by atoms with Gasteiger partial charge in [-0.25, -0.2) is 9.48 Å². The van der Waals surface area contributed by atoms with Crippen molar-refractivity contribution >= 4 is 29.5 Å². The number of rotatable bonds is 11. The summed E-state index contributed by atoms with van der Waals surface area (Å²) >= 11 is 0. The number of allylic oxidation sites excluding steroid dienone is 4. The average molecular weight is 871 g/mol. The number of hydrogen-bond donors (Lipinski definition) is 5. The lowest BCUT2D eigenvalue weighted by Gasteiger charge is -2.62. The van der Waals surface area contributed by atoms with Crippen LogP contribution in [0.3, 0.4) is 0 Å². The number of nitrogens with zero attached hydrogens (tertiary/aromatic N) is 3. The monoisotopic (exact) mass is 870 g/mol. The van der Waals surface area contributed by atoms with Crippen LogP contribution in [-0.4, -0.2) is 114 Å². The van der Waals surface area contributed by atoms with Gasteiger partial charge in [0.05, 0.1) is 42.2 Å². The second-order valence-electron chi connectivity index (χ2n) is 19.2. The van der Waals surface area contributed by atoms with E-state index in [1.165, 1.54) is 19.0 Å². The number of ketones is 1. The molecule has 0 amide bonds. The van der Waals surface area contributed by atoms with Crippen LogP contribution in [0, 0.1) is 11.8 Å². The van der Waals surface area contributed by atoms with E-state index >= 15 is 4.79 Å².